The van der Waals surface area contributed by atoms with E-state index in [0.29, 0.717) is 5.56 Å². The monoisotopic (exact) mass is 397 g/mol. The van der Waals surface area contributed by atoms with Crippen molar-refractivity contribution in [2.75, 3.05) is 0 Å². The highest BCUT2D eigenvalue weighted by molar-refractivity contribution is 5.96. The number of carbonyl (C=O) groups excluding carboxylic acids is 1. The molecule has 1 aromatic heterocycles. The lowest BCUT2D eigenvalue weighted by Gasteiger charge is -2.22. The van der Waals surface area contributed by atoms with Crippen molar-refractivity contribution < 1.29 is 4.79 Å². The van der Waals surface area contributed by atoms with Crippen molar-refractivity contribution >= 4 is 16.9 Å². The average Bonchev–Trinajstić information content (AvgIpc) is 3.13. The van der Waals surface area contributed by atoms with Crippen LogP contribution >= 0.6 is 0 Å². The van der Waals surface area contributed by atoms with Gasteiger partial charge in [-0.3, -0.25) is 4.79 Å². The Morgan fingerprint density at radius 2 is 1.63 bits per heavy atom. The SMILES string of the molecule is Cc1ccc(C(=O)NC(C)c2nc3ccccc3n2C(C)c2ccccc2)c(C)c1. The number of carbonyl (C=O) groups is 1. The first-order chi connectivity index (χ1) is 14.5. The molecule has 4 aromatic rings. The van der Waals surface area contributed by atoms with E-state index < -0.39 is 0 Å². The number of imidazole rings is 1. The van der Waals surface area contributed by atoms with Crippen LogP contribution in [0.1, 0.15) is 58.8 Å². The van der Waals surface area contributed by atoms with E-state index in [2.05, 4.69) is 47.1 Å². The zero-order chi connectivity index (χ0) is 21.3. The molecule has 1 N–H and O–H groups in total. The number of aromatic nitrogens is 2. The molecule has 0 radical (unpaired) electrons. The second-order valence-electron chi connectivity index (χ2n) is 7.93. The van der Waals surface area contributed by atoms with Crippen molar-refractivity contribution in [3.8, 4) is 0 Å². The number of amides is 1. The molecule has 0 aliphatic carbocycles. The molecule has 1 amide bonds. The molecule has 30 heavy (non-hydrogen) atoms. The van der Waals surface area contributed by atoms with E-state index in [-0.39, 0.29) is 18.0 Å². The molecule has 2 unspecified atom stereocenters. The molecule has 4 nitrogen and oxygen atoms in total. The number of nitrogens with one attached hydrogen (secondary N) is 1. The first-order valence-electron chi connectivity index (χ1n) is 10.4. The Balaban J connectivity index is 1.72. The maximum atomic E-state index is 13.0. The highest BCUT2D eigenvalue weighted by Gasteiger charge is 2.23. The third kappa shape index (κ3) is 3.73. The summed E-state index contributed by atoms with van der Waals surface area (Å²) in [6, 6.07) is 24.3. The number of para-hydroxylation sites is 2. The van der Waals surface area contributed by atoms with Crippen molar-refractivity contribution in [2.24, 2.45) is 0 Å². The molecule has 0 bridgehead atoms. The highest BCUT2D eigenvalue weighted by atomic mass is 16.1. The number of hydrogen-bond acceptors (Lipinski definition) is 2. The van der Waals surface area contributed by atoms with E-state index in [1.165, 1.54) is 5.56 Å². The van der Waals surface area contributed by atoms with Crippen LogP contribution in [0, 0.1) is 13.8 Å². The first kappa shape index (κ1) is 19.9. The van der Waals surface area contributed by atoms with Crippen LogP contribution in [0.25, 0.3) is 11.0 Å². The van der Waals surface area contributed by atoms with Gasteiger partial charge in [-0.05, 0) is 57.0 Å². The zero-order valence-corrected chi connectivity index (χ0v) is 17.9. The summed E-state index contributed by atoms with van der Waals surface area (Å²) >= 11 is 0. The van der Waals surface area contributed by atoms with Gasteiger partial charge in [0.05, 0.1) is 23.1 Å². The van der Waals surface area contributed by atoms with Gasteiger partial charge < -0.3 is 9.88 Å². The molecule has 1 heterocycles. The molecular weight excluding hydrogens is 370 g/mol. The molecule has 2 atom stereocenters. The molecule has 0 spiro atoms. The van der Waals surface area contributed by atoms with Gasteiger partial charge in [0.2, 0.25) is 0 Å². The Morgan fingerprint density at radius 1 is 0.933 bits per heavy atom. The fraction of sp³-hybridized carbons (Fsp3) is 0.231. The van der Waals surface area contributed by atoms with Crippen LogP contribution in [0.15, 0.2) is 72.8 Å². The lowest BCUT2D eigenvalue weighted by Crippen LogP contribution is -2.29. The molecule has 3 aromatic carbocycles. The van der Waals surface area contributed by atoms with Crippen LogP contribution < -0.4 is 5.32 Å². The minimum Gasteiger partial charge on any atom is -0.342 e. The van der Waals surface area contributed by atoms with Crippen molar-refractivity contribution in [2.45, 2.75) is 39.8 Å². The van der Waals surface area contributed by atoms with Gasteiger partial charge in [-0.25, -0.2) is 4.98 Å². The van der Waals surface area contributed by atoms with Gasteiger partial charge in [0.15, 0.2) is 0 Å². The number of rotatable bonds is 5. The van der Waals surface area contributed by atoms with Gasteiger partial charge in [-0.2, -0.15) is 0 Å². The van der Waals surface area contributed by atoms with Gasteiger partial charge in [-0.1, -0.05) is 60.2 Å². The van der Waals surface area contributed by atoms with E-state index in [4.69, 9.17) is 4.98 Å². The summed E-state index contributed by atoms with van der Waals surface area (Å²) in [5.41, 5.74) is 6.03. The third-order valence-corrected chi connectivity index (χ3v) is 5.65. The van der Waals surface area contributed by atoms with Crippen LogP contribution in [0.3, 0.4) is 0 Å². The van der Waals surface area contributed by atoms with Gasteiger partial charge in [0.25, 0.3) is 5.91 Å². The smallest absolute Gasteiger partial charge is 0.252 e. The fourth-order valence-corrected chi connectivity index (χ4v) is 4.06. The van der Waals surface area contributed by atoms with E-state index in [1.807, 2.05) is 63.2 Å². The molecule has 4 heteroatoms. The van der Waals surface area contributed by atoms with Crippen molar-refractivity contribution in [1.29, 1.82) is 0 Å². The second kappa shape index (κ2) is 8.15. The Morgan fingerprint density at radius 3 is 2.37 bits per heavy atom. The number of aryl methyl sites for hydroxylation is 2. The number of benzene rings is 3. The van der Waals surface area contributed by atoms with E-state index in [1.54, 1.807) is 0 Å². The maximum Gasteiger partial charge on any atom is 0.252 e. The normalized spacial score (nSPS) is 13.2. The van der Waals surface area contributed by atoms with Crippen molar-refractivity contribution in [3.63, 3.8) is 0 Å². The van der Waals surface area contributed by atoms with Gasteiger partial charge in [0.1, 0.15) is 5.82 Å². The van der Waals surface area contributed by atoms with Crippen LogP contribution in [0.5, 0.6) is 0 Å². The maximum absolute atomic E-state index is 13.0. The summed E-state index contributed by atoms with van der Waals surface area (Å²) in [6.07, 6.45) is 0. The van der Waals surface area contributed by atoms with Gasteiger partial charge in [-0.15, -0.1) is 0 Å². The van der Waals surface area contributed by atoms with E-state index in [9.17, 15) is 4.79 Å². The van der Waals surface area contributed by atoms with Gasteiger partial charge in [0, 0.05) is 5.56 Å². The summed E-state index contributed by atoms with van der Waals surface area (Å²) in [5.74, 6) is 0.775. The van der Waals surface area contributed by atoms with Crippen molar-refractivity contribution in [3.05, 3.63) is 101 Å². The van der Waals surface area contributed by atoms with Gasteiger partial charge >= 0.3 is 0 Å². The van der Waals surface area contributed by atoms with Crippen LogP contribution in [-0.2, 0) is 0 Å². The minimum absolute atomic E-state index is 0.0778. The molecule has 0 aliphatic rings. The number of hydrogen-bond donors (Lipinski definition) is 1. The van der Waals surface area contributed by atoms with Crippen LogP contribution in [-0.4, -0.2) is 15.5 Å². The molecule has 4 rings (SSSR count). The lowest BCUT2D eigenvalue weighted by molar-refractivity contribution is 0.0937. The molecule has 0 saturated carbocycles. The second-order valence-corrected chi connectivity index (χ2v) is 7.93. The molecule has 0 fully saturated rings. The zero-order valence-electron chi connectivity index (χ0n) is 17.9. The lowest BCUT2D eigenvalue weighted by atomic mass is 10.0. The molecular formula is C26H27N3O. The number of nitrogens with zero attached hydrogens (tertiary/aromatic N) is 2. The molecule has 0 aliphatic heterocycles. The molecule has 0 saturated heterocycles. The quantitative estimate of drug-likeness (QED) is 0.466. The predicted octanol–water partition coefficient (Wildman–Crippen LogP) is 5.75. The Labute approximate surface area is 177 Å². The third-order valence-electron chi connectivity index (χ3n) is 5.65. The Kier molecular flexibility index (Phi) is 5.40. The standard InChI is InChI=1S/C26H27N3O/c1-17-14-15-22(18(2)16-17)26(30)27-19(3)25-28-23-12-8-9-13-24(23)29(25)20(4)21-10-6-5-7-11-21/h5-16,19-20H,1-4H3,(H,27,30). The summed E-state index contributed by atoms with van der Waals surface area (Å²) < 4.78 is 2.23. The van der Waals surface area contributed by atoms with E-state index >= 15 is 0 Å². The minimum atomic E-state index is -0.239. The van der Waals surface area contributed by atoms with E-state index in [0.717, 1.165) is 28.0 Å². The summed E-state index contributed by atoms with van der Waals surface area (Å²) in [6.45, 7) is 8.17. The number of fused-ring (bicyclic) bond motifs is 1. The Bertz CT molecular complexity index is 1190. The molecule has 152 valence electrons. The van der Waals surface area contributed by atoms with Crippen molar-refractivity contribution in [1.82, 2.24) is 14.9 Å². The summed E-state index contributed by atoms with van der Waals surface area (Å²) in [5, 5.41) is 3.16. The average molecular weight is 398 g/mol. The Hall–Kier alpha value is -3.40. The first-order valence-corrected chi connectivity index (χ1v) is 10.4. The highest BCUT2D eigenvalue weighted by Crippen LogP contribution is 2.29. The summed E-state index contributed by atoms with van der Waals surface area (Å²) in [4.78, 5) is 17.9. The van der Waals surface area contributed by atoms with Crippen LogP contribution in [0.2, 0.25) is 0 Å². The van der Waals surface area contributed by atoms with Crippen LogP contribution in [0.4, 0.5) is 0 Å². The topological polar surface area (TPSA) is 46.9 Å². The fourth-order valence-electron chi connectivity index (χ4n) is 4.06. The predicted molar refractivity (Wildman–Crippen MR) is 122 cm³/mol. The largest absolute Gasteiger partial charge is 0.342 e. The summed E-state index contributed by atoms with van der Waals surface area (Å²) in [7, 11) is 0.